The van der Waals surface area contributed by atoms with Gasteiger partial charge in [-0.05, 0) is 145 Å². The number of ketones is 1. The van der Waals surface area contributed by atoms with E-state index in [4.69, 9.17) is 23.3 Å². The molecule has 0 radical (unpaired) electrons. The van der Waals surface area contributed by atoms with Crippen LogP contribution in [0, 0.1) is 36.7 Å². The Labute approximate surface area is 358 Å². The summed E-state index contributed by atoms with van der Waals surface area (Å²) < 4.78 is 0. The van der Waals surface area contributed by atoms with E-state index in [1.54, 1.807) is 19.2 Å². The van der Waals surface area contributed by atoms with E-state index in [1.807, 2.05) is 28.1 Å². The number of aliphatic imine (C=N–C) groups is 1. The maximum absolute atomic E-state index is 10.3. The first-order valence-corrected chi connectivity index (χ1v) is 32.5. The number of allylic oxidation sites excluding steroid dienone is 2. The van der Waals surface area contributed by atoms with Crippen molar-refractivity contribution in [3.05, 3.63) is 35.0 Å². The number of rotatable bonds is 10. The van der Waals surface area contributed by atoms with Crippen molar-refractivity contribution in [3.63, 3.8) is 0 Å². The first kappa shape index (κ1) is 54.0. The van der Waals surface area contributed by atoms with Gasteiger partial charge in [-0.2, -0.15) is 5.26 Å². The topological polar surface area (TPSA) is 154 Å². The number of nitrogens with zero attached hydrogens (tertiary/aromatic N) is 7. The Morgan fingerprint density at radius 2 is 1.59 bits per heavy atom. The number of aromatic nitrogens is 2. The predicted octanol–water partition coefficient (Wildman–Crippen LogP) is 7.95. The Bertz CT molecular complexity index is 1150. The van der Waals surface area contributed by atoms with Gasteiger partial charge in [0.05, 0.1) is 12.1 Å². The van der Waals surface area contributed by atoms with E-state index in [0.29, 0.717) is 11.6 Å². The van der Waals surface area contributed by atoms with Crippen molar-refractivity contribution in [1.82, 2.24) is 19.8 Å². The largest absolute Gasteiger partial charge is 0.813 e. The Balaban J connectivity index is -0.000000636. The van der Waals surface area contributed by atoms with Gasteiger partial charge in [0, 0.05) is 25.0 Å². The molecule has 280 valence electrons. The summed E-state index contributed by atoms with van der Waals surface area (Å²) in [5.74, 6) is 2.45. The first-order chi connectivity index (χ1) is 22.8. The molecule has 2 aliphatic heterocycles. The second-order valence-corrected chi connectivity index (χ2v) is 46.7. The normalized spacial score (nSPS) is 15.0. The quantitative estimate of drug-likeness (QED) is 0.0209. The predicted molar refractivity (Wildman–Crippen MR) is 245 cm³/mol. The number of piperidine rings is 2. The van der Waals surface area contributed by atoms with Crippen LogP contribution in [0.2, 0.25) is 0 Å². The number of nitrogens with one attached hydrogen (secondary N) is 1. The van der Waals surface area contributed by atoms with Crippen LogP contribution in [0.1, 0.15) is 70.9 Å². The minimum Gasteiger partial charge on any atom is -0.813 e. The van der Waals surface area contributed by atoms with Crippen LogP contribution in [0.4, 0.5) is 11.6 Å². The standard InChI is InChI=1S/C15H23N5.C10H22N4.C6H7NO.HIS.3HI.H2S.V/c1-12-14(16-2)11-18-15(19-12)17-8-4-5-13-6-9-20(3)10-7-13;1-14-7-4-9(5-8-14)3-2-6-13-10(11)12;1-3-6(4-7)5(2)8;1-2;;;;;/h11,13H,4-10H2,1,3H3,(H,17,18,19);9H,2-8H2,1H3,(H4,11,12,13);3H,1-2H3;2H;3*1H;1H2;/q;;;;;;;;+3/p-4/b;;6-3+;;;;;;. The molecule has 49 heavy (non-hydrogen) atoms. The van der Waals surface area contributed by atoms with Crippen LogP contribution in [0.15, 0.2) is 22.8 Å². The average molecular weight is 1210 g/mol. The van der Waals surface area contributed by atoms with Crippen LogP contribution in [0.5, 0.6) is 0 Å². The third-order valence-corrected chi connectivity index (χ3v) is 7.68. The number of anilines is 1. The van der Waals surface area contributed by atoms with Crippen molar-refractivity contribution in [2.24, 2.45) is 28.3 Å². The first-order valence-electron chi connectivity index (χ1n) is 15.7. The van der Waals surface area contributed by atoms with Gasteiger partial charge in [0.1, 0.15) is 6.07 Å². The number of likely N-dealkylation sites (tertiary alicyclic amines) is 2. The molecule has 0 aromatic carbocycles. The molecule has 1 aromatic heterocycles. The van der Waals surface area contributed by atoms with Crippen molar-refractivity contribution in [2.75, 3.05) is 58.7 Å². The SMILES string of the molecule is C/C=C(\C#N)C(C)=O.CN1CCC(CCCN=C(N)N)CC1.SI.[C-]#[N+]c1cnc(NCCCC2CCN(C)CC2)nc1C.[I][V]([I])[I].[SH-]. The Kier molecular flexibility index (Phi) is 39.3. The minimum atomic E-state index is -0.278. The molecule has 2 fully saturated rings. The van der Waals surface area contributed by atoms with Crippen LogP contribution < -0.4 is 16.8 Å². The van der Waals surface area contributed by atoms with E-state index in [1.165, 1.54) is 77.7 Å². The van der Waals surface area contributed by atoms with E-state index in [9.17, 15) is 4.79 Å². The fraction of sp³-hybridized carbons (Fsp3) is 0.677. The number of thiol groups is 2. The van der Waals surface area contributed by atoms with Gasteiger partial charge >= 0.3 is 64.9 Å². The molecule has 2 saturated heterocycles. The third-order valence-electron chi connectivity index (χ3n) is 7.68. The molecule has 18 heteroatoms. The number of hydrogen-bond donors (Lipinski definition) is 4. The Morgan fingerprint density at radius 1 is 1.12 bits per heavy atom. The Hall–Kier alpha value is 0.664. The second kappa shape index (κ2) is 35.7. The zero-order valence-corrected chi connectivity index (χ0v) is 41.1. The average Bonchev–Trinajstić information content (AvgIpc) is 3.05. The van der Waals surface area contributed by atoms with Gasteiger partial charge < -0.3 is 40.1 Å². The zero-order valence-electron chi connectivity index (χ0n) is 29.3. The van der Waals surface area contributed by atoms with Crippen LogP contribution in [-0.2, 0) is 23.2 Å². The summed E-state index contributed by atoms with van der Waals surface area (Å²) >= 11 is 9.23. The van der Waals surface area contributed by atoms with E-state index >= 15 is 0 Å². The van der Waals surface area contributed by atoms with Crippen LogP contribution >= 0.6 is 90.9 Å². The Morgan fingerprint density at radius 3 is 1.94 bits per heavy atom. The van der Waals surface area contributed by atoms with Crippen LogP contribution in [-0.4, -0.2) is 84.9 Å². The molecule has 0 amide bonds. The van der Waals surface area contributed by atoms with E-state index in [-0.39, 0.29) is 35.7 Å². The zero-order chi connectivity index (χ0) is 36.9. The number of guanidine groups is 1. The maximum atomic E-state index is 10.3. The van der Waals surface area contributed by atoms with Crippen molar-refractivity contribution in [1.29, 1.82) is 5.26 Å². The molecular weight excluding hydrogens is 1150 g/mol. The van der Waals surface area contributed by atoms with Gasteiger partial charge in [-0.15, -0.1) is 9.80 Å². The van der Waals surface area contributed by atoms with E-state index in [0.717, 1.165) is 43.5 Å². The summed E-state index contributed by atoms with van der Waals surface area (Å²) in [5, 5.41) is 11.4. The van der Waals surface area contributed by atoms with Crippen molar-refractivity contribution >= 4 is 128 Å². The molecule has 11 nitrogen and oxygen atoms in total. The molecular formula is C31H54I4N10OS2V-. The molecule has 5 N–H and O–H groups in total. The molecule has 0 spiro atoms. The molecule has 3 rings (SSSR count). The molecule has 1 aromatic rings. The summed E-state index contributed by atoms with van der Waals surface area (Å²) in [6.45, 7) is 18.5. The molecule has 0 unspecified atom stereocenters. The van der Waals surface area contributed by atoms with Crippen LogP contribution in [0.3, 0.4) is 0 Å². The van der Waals surface area contributed by atoms with Gasteiger partial charge in [-0.1, -0.05) is 6.08 Å². The summed E-state index contributed by atoms with van der Waals surface area (Å²) in [5.41, 5.74) is 12.0. The second-order valence-electron chi connectivity index (χ2n) is 11.3. The summed E-state index contributed by atoms with van der Waals surface area (Å²) in [4.78, 5) is 30.7. The van der Waals surface area contributed by atoms with Crippen molar-refractivity contribution < 1.29 is 9.72 Å². The number of hydrogen-bond acceptors (Lipinski definition) is 10. The van der Waals surface area contributed by atoms with E-state index in [2.05, 4.69) is 119 Å². The number of carbonyl (C=O) groups excluding carboxylic acids is 1. The van der Waals surface area contributed by atoms with Crippen molar-refractivity contribution in [2.45, 2.75) is 72.1 Å². The monoisotopic (exact) mass is 1200 g/mol. The molecule has 3 heterocycles. The van der Waals surface area contributed by atoms with Gasteiger partial charge in [-0.3, -0.25) is 9.79 Å². The fourth-order valence-electron chi connectivity index (χ4n) is 4.88. The third kappa shape index (κ3) is 31.9. The molecule has 2 aliphatic rings. The maximum Gasteiger partial charge on any atom is -0.813 e. The summed E-state index contributed by atoms with van der Waals surface area (Å²) in [6.07, 6.45) is 13.2. The van der Waals surface area contributed by atoms with Gasteiger partial charge in [-0.25, -0.2) is 14.8 Å². The smallest absolute Gasteiger partial charge is 0.813 e. The summed E-state index contributed by atoms with van der Waals surface area (Å²) in [7, 11) is 7.89. The minimum absolute atomic E-state index is 0. The summed E-state index contributed by atoms with van der Waals surface area (Å²) in [6, 6.07) is 1.76. The number of aryl methyl sites for hydroxylation is 1. The number of Topliss-reactive ketones (excluding diaryl/α,β-unsaturated/α-hetero) is 1. The van der Waals surface area contributed by atoms with Gasteiger partial charge in [0.15, 0.2) is 11.7 Å². The number of nitriles is 1. The van der Waals surface area contributed by atoms with Crippen molar-refractivity contribution in [3.8, 4) is 6.07 Å². The number of carbonyl (C=O) groups is 1. The van der Waals surface area contributed by atoms with Gasteiger partial charge in [0.25, 0.3) is 0 Å². The fourth-order valence-corrected chi connectivity index (χ4v) is 4.88. The molecule has 0 atom stereocenters. The number of nitrogens with two attached hydrogens (primary N) is 2. The molecule has 0 bridgehead atoms. The van der Waals surface area contributed by atoms with Gasteiger partial charge in [0.2, 0.25) is 11.6 Å². The van der Waals surface area contributed by atoms with Crippen LogP contribution in [0.25, 0.3) is 4.85 Å². The van der Waals surface area contributed by atoms with E-state index < -0.39 is 0 Å². The number of halogens is 4. The molecule has 0 saturated carbocycles. The molecule has 0 aliphatic carbocycles.